The number of benzene rings is 2. The highest BCUT2D eigenvalue weighted by Crippen LogP contribution is 2.25. The van der Waals surface area contributed by atoms with Crippen LogP contribution in [-0.4, -0.2) is 18.4 Å². The van der Waals surface area contributed by atoms with Crippen LogP contribution in [0.2, 0.25) is 0 Å². The smallest absolute Gasteiger partial charge is 0.226 e. The molecule has 4 nitrogen and oxygen atoms in total. The van der Waals surface area contributed by atoms with Crippen LogP contribution in [0.4, 0.5) is 11.4 Å². The van der Waals surface area contributed by atoms with Crippen LogP contribution in [0.15, 0.2) is 42.5 Å². The second-order valence-electron chi connectivity index (χ2n) is 6.08. The number of nitrogens with zero attached hydrogens (tertiary/aromatic N) is 1. The molecule has 126 valence electrons. The molecule has 0 aliphatic heterocycles. The number of carbonyl (C=O) groups excluding carboxylic acids is 2. The Morgan fingerprint density at radius 3 is 2.08 bits per heavy atom. The molecule has 2 amide bonds. The average molecular weight is 324 g/mol. The van der Waals surface area contributed by atoms with Gasteiger partial charge in [0, 0.05) is 31.3 Å². The van der Waals surface area contributed by atoms with Gasteiger partial charge in [0.15, 0.2) is 0 Å². The predicted molar refractivity (Wildman–Crippen MR) is 98.4 cm³/mol. The highest BCUT2D eigenvalue weighted by atomic mass is 16.2. The standard InChI is InChI=1S/C20H24N2O2/c1-14-8-10-18(11-9-14)21-19(24)12-13-22(17(4)23)20-15(2)6-5-7-16(20)3/h5-11H,12-13H2,1-4H3,(H,21,24). The van der Waals surface area contributed by atoms with E-state index in [2.05, 4.69) is 5.32 Å². The molecule has 0 spiro atoms. The number of aryl methyl sites for hydroxylation is 3. The first kappa shape index (κ1) is 17.7. The van der Waals surface area contributed by atoms with E-state index in [1.807, 2.05) is 63.2 Å². The molecule has 0 aromatic heterocycles. The van der Waals surface area contributed by atoms with E-state index in [4.69, 9.17) is 0 Å². The first-order valence-corrected chi connectivity index (χ1v) is 8.09. The molecule has 1 N–H and O–H groups in total. The van der Waals surface area contributed by atoms with Gasteiger partial charge in [-0.2, -0.15) is 0 Å². The Bertz CT molecular complexity index is 716. The molecule has 0 radical (unpaired) electrons. The Hall–Kier alpha value is -2.62. The summed E-state index contributed by atoms with van der Waals surface area (Å²) in [7, 11) is 0. The highest BCUT2D eigenvalue weighted by Gasteiger charge is 2.17. The number of nitrogens with one attached hydrogen (secondary N) is 1. The number of para-hydroxylation sites is 1. The lowest BCUT2D eigenvalue weighted by Gasteiger charge is -2.25. The minimum Gasteiger partial charge on any atom is -0.326 e. The van der Waals surface area contributed by atoms with Crippen molar-refractivity contribution >= 4 is 23.2 Å². The van der Waals surface area contributed by atoms with Crippen LogP contribution in [-0.2, 0) is 9.59 Å². The first-order chi connectivity index (χ1) is 11.4. The Labute approximate surface area is 143 Å². The highest BCUT2D eigenvalue weighted by molar-refractivity contribution is 5.95. The van der Waals surface area contributed by atoms with E-state index in [1.54, 1.807) is 4.90 Å². The molecule has 0 atom stereocenters. The summed E-state index contributed by atoms with van der Waals surface area (Å²) in [4.78, 5) is 25.9. The van der Waals surface area contributed by atoms with Crippen LogP contribution >= 0.6 is 0 Å². The zero-order valence-corrected chi connectivity index (χ0v) is 14.7. The van der Waals surface area contributed by atoms with Gasteiger partial charge in [-0.25, -0.2) is 0 Å². The maximum absolute atomic E-state index is 12.2. The number of rotatable bonds is 5. The molecule has 0 saturated heterocycles. The van der Waals surface area contributed by atoms with E-state index in [1.165, 1.54) is 6.92 Å². The van der Waals surface area contributed by atoms with Gasteiger partial charge in [0.2, 0.25) is 11.8 Å². The van der Waals surface area contributed by atoms with Gasteiger partial charge in [0.05, 0.1) is 0 Å². The van der Waals surface area contributed by atoms with Gasteiger partial charge in [-0.15, -0.1) is 0 Å². The molecule has 0 unspecified atom stereocenters. The number of anilines is 2. The molecular weight excluding hydrogens is 300 g/mol. The average Bonchev–Trinajstić information content (AvgIpc) is 2.52. The third kappa shape index (κ3) is 4.44. The van der Waals surface area contributed by atoms with Crippen molar-refractivity contribution in [1.29, 1.82) is 0 Å². The maximum Gasteiger partial charge on any atom is 0.226 e. The van der Waals surface area contributed by atoms with E-state index in [9.17, 15) is 9.59 Å². The van der Waals surface area contributed by atoms with Crippen molar-refractivity contribution < 1.29 is 9.59 Å². The van der Waals surface area contributed by atoms with Gasteiger partial charge in [-0.3, -0.25) is 9.59 Å². The van der Waals surface area contributed by atoms with Crippen molar-refractivity contribution in [3.05, 3.63) is 59.2 Å². The van der Waals surface area contributed by atoms with Crippen molar-refractivity contribution in [1.82, 2.24) is 0 Å². The summed E-state index contributed by atoms with van der Waals surface area (Å²) in [6.45, 7) is 7.85. The van der Waals surface area contributed by atoms with Crippen LogP contribution in [0.5, 0.6) is 0 Å². The zero-order chi connectivity index (χ0) is 17.7. The van der Waals surface area contributed by atoms with E-state index < -0.39 is 0 Å². The first-order valence-electron chi connectivity index (χ1n) is 8.09. The van der Waals surface area contributed by atoms with Gasteiger partial charge in [0.25, 0.3) is 0 Å². The minimum absolute atomic E-state index is 0.0597. The minimum atomic E-state index is -0.101. The van der Waals surface area contributed by atoms with Crippen molar-refractivity contribution in [3.63, 3.8) is 0 Å². The van der Waals surface area contributed by atoms with Crippen LogP contribution < -0.4 is 10.2 Å². The molecule has 0 saturated carbocycles. The van der Waals surface area contributed by atoms with Crippen molar-refractivity contribution in [2.24, 2.45) is 0 Å². The molecule has 2 aromatic rings. The van der Waals surface area contributed by atoms with Gasteiger partial charge >= 0.3 is 0 Å². The summed E-state index contributed by atoms with van der Waals surface area (Å²) in [5, 5.41) is 2.87. The van der Waals surface area contributed by atoms with E-state index in [0.29, 0.717) is 6.54 Å². The van der Waals surface area contributed by atoms with Crippen LogP contribution in [0.1, 0.15) is 30.0 Å². The third-order valence-electron chi connectivity index (χ3n) is 3.99. The SMILES string of the molecule is CC(=O)N(CCC(=O)Nc1ccc(C)cc1)c1c(C)cccc1C. The fourth-order valence-electron chi connectivity index (χ4n) is 2.73. The molecule has 0 fully saturated rings. The van der Waals surface area contributed by atoms with Crippen molar-refractivity contribution in [3.8, 4) is 0 Å². The molecular formula is C20H24N2O2. The molecule has 2 aromatic carbocycles. The Kier molecular flexibility index (Phi) is 5.74. The summed E-state index contributed by atoms with van der Waals surface area (Å²) >= 11 is 0. The van der Waals surface area contributed by atoms with Crippen molar-refractivity contribution in [2.75, 3.05) is 16.8 Å². The number of carbonyl (C=O) groups is 2. The van der Waals surface area contributed by atoms with Crippen LogP contribution in [0.3, 0.4) is 0 Å². The van der Waals surface area contributed by atoms with Crippen LogP contribution in [0, 0.1) is 20.8 Å². The van der Waals surface area contributed by atoms with Gasteiger partial charge in [-0.05, 0) is 44.0 Å². The topological polar surface area (TPSA) is 49.4 Å². The fraction of sp³-hybridized carbons (Fsp3) is 0.300. The van der Waals surface area contributed by atoms with Gasteiger partial charge in [-0.1, -0.05) is 35.9 Å². The lowest BCUT2D eigenvalue weighted by molar-refractivity contribution is -0.117. The van der Waals surface area contributed by atoms with Gasteiger partial charge < -0.3 is 10.2 Å². The summed E-state index contributed by atoms with van der Waals surface area (Å²) in [6, 6.07) is 13.6. The number of hydrogen-bond donors (Lipinski definition) is 1. The lowest BCUT2D eigenvalue weighted by Crippen LogP contribution is -2.33. The summed E-state index contributed by atoms with van der Waals surface area (Å²) in [6.07, 6.45) is 0.251. The third-order valence-corrected chi connectivity index (χ3v) is 3.99. The number of hydrogen-bond acceptors (Lipinski definition) is 2. The molecule has 24 heavy (non-hydrogen) atoms. The van der Waals surface area contributed by atoms with E-state index in [0.717, 1.165) is 28.1 Å². The Balaban J connectivity index is 2.05. The second-order valence-corrected chi connectivity index (χ2v) is 6.08. The molecule has 2 rings (SSSR count). The molecule has 0 aliphatic rings. The zero-order valence-electron chi connectivity index (χ0n) is 14.7. The fourth-order valence-corrected chi connectivity index (χ4v) is 2.73. The predicted octanol–water partition coefficient (Wildman–Crippen LogP) is 3.99. The number of amides is 2. The second kappa shape index (κ2) is 7.77. The van der Waals surface area contributed by atoms with Crippen LogP contribution in [0.25, 0.3) is 0 Å². The molecule has 0 heterocycles. The Morgan fingerprint density at radius 1 is 0.958 bits per heavy atom. The quantitative estimate of drug-likeness (QED) is 0.904. The van der Waals surface area contributed by atoms with E-state index >= 15 is 0 Å². The summed E-state index contributed by atoms with van der Waals surface area (Å²) in [5.41, 5.74) is 4.87. The molecule has 4 heteroatoms. The molecule has 0 aliphatic carbocycles. The lowest BCUT2D eigenvalue weighted by atomic mass is 10.1. The summed E-state index contributed by atoms with van der Waals surface area (Å²) < 4.78 is 0. The van der Waals surface area contributed by atoms with Crippen molar-refractivity contribution in [2.45, 2.75) is 34.1 Å². The summed E-state index contributed by atoms with van der Waals surface area (Å²) in [5.74, 6) is -0.160. The Morgan fingerprint density at radius 2 is 1.54 bits per heavy atom. The van der Waals surface area contributed by atoms with E-state index in [-0.39, 0.29) is 18.2 Å². The monoisotopic (exact) mass is 324 g/mol. The molecule has 0 bridgehead atoms. The maximum atomic E-state index is 12.2. The van der Waals surface area contributed by atoms with Gasteiger partial charge in [0.1, 0.15) is 0 Å². The largest absolute Gasteiger partial charge is 0.326 e. The normalized spacial score (nSPS) is 10.3.